The summed E-state index contributed by atoms with van der Waals surface area (Å²) in [6, 6.07) is 0. The van der Waals surface area contributed by atoms with Gasteiger partial charge in [0.15, 0.2) is 0 Å². The largest absolute Gasteiger partial charge is 0.394 e. The van der Waals surface area contributed by atoms with Crippen LogP contribution in [0.3, 0.4) is 0 Å². The maximum atomic E-state index is 8.50. The fourth-order valence-corrected chi connectivity index (χ4v) is 1.42. The van der Waals surface area contributed by atoms with Gasteiger partial charge in [-0.1, -0.05) is 26.2 Å². The molecule has 0 aliphatic rings. The van der Waals surface area contributed by atoms with Crippen LogP contribution in [0.15, 0.2) is 0 Å². The van der Waals surface area contributed by atoms with E-state index in [9.17, 15) is 0 Å². The van der Waals surface area contributed by atoms with Crippen molar-refractivity contribution in [1.29, 1.82) is 0 Å². The van der Waals surface area contributed by atoms with Crippen LogP contribution in [0, 0.1) is 0 Å². The second-order valence-electron chi connectivity index (χ2n) is 4.40. The van der Waals surface area contributed by atoms with Crippen molar-refractivity contribution < 1.29 is 14.6 Å². The number of aliphatic hydroxyl groups is 1. The number of ether oxygens (including phenoxy) is 2. The first-order valence-corrected chi connectivity index (χ1v) is 5.95. The molecule has 0 radical (unpaired) electrons. The Balaban J connectivity index is 3.38. The highest BCUT2D eigenvalue weighted by molar-refractivity contribution is 4.68. The standard InChI is InChI=1S/C12H26O3/c1-4-5-6-7-12(2,3)15-11-10-14-9-8-13/h13H,4-11H2,1-3H3. The first-order valence-electron chi connectivity index (χ1n) is 5.95. The summed E-state index contributed by atoms with van der Waals surface area (Å²) in [6.07, 6.45) is 4.84. The summed E-state index contributed by atoms with van der Waals surface area (Å²) in [6.45, 7) is 8.11. The summed E-state index contributed by atoms with van der Waals surface area (Å²) in [7, 11) is 0. The molecule has 0 unspecified atom stereocenters. The molecule has 0 saturated heterocycles. The van der Waals surface area contributed by atoms with Crippen LogP contribution in [0.25, 0.3) is 0 Å². The Hall–Kier alpha value is -0.120. The molecular weight excluding hydrogens is 192 g/mol. The maximum absolute atomic E-state index is 8.50. The fourth-order valence-electron chi connectivity index (χ4n) is 1.42. The lowest BCUT2D eigenvalue weighted by molar-refractivity contribution is -0.0539. The van der Waals surface area contributed by atoms with Crippen LogP contribution in [0.1, 0.15) is 46.5 Å². The molecule has 15 heavy (non-hydrogen) atoms. The first-order chi connectivity index (χ1) is 7.12. The summed E-state index contributed by atoms with van der Waals surface area (Å²) in [5.41, 5.74) is -0.0439. The number of rotatable bonds is 10. The Morgan fingerprint density at radius 1 is 1.07 bits per heavy atom. The van der Waals surface area contributed by atoms with E-state index >= 15 is 0 Å². The Morgan fingerprint density at radius 2 is 1.80 bits per heavy atom. The molecule has 1 N–H and O–H groups in total. The van der Waals surface area contributed by atoms with Crippen LogP contribution in [0.2, 0.25) is 0 Å². The minimum absolute atomic E-state index is 0.0439. The van der Waals surface area contributed by atoms with Crippen LogP contribution < -0.4 is 0 Å². The van der Waals surface area contributed by atoms with E-state index in [4.69, 9.17) is 14.6 Å². The third-order valence-electron chi connectivity index (χ3n) is 2.34. The topological polar surface area (TPSA) is 38.7 Å². The zero-order valence-electron chi connectivity index (χ0n) is 10.4. The highest BCUT2D eigenvalue weighted by atomic mass is 16.5. The molecule has 0 aliphatic heterocycles. The van der Waals surface area contributed by atoms with E-state index in [0.29, 0.717) is 19.8 Å². The minimum Gasteiger partial charge on any atom is -0.394 e. The molecule has 3 nitrogen and oxygen atoms in total. The molecule has 0 bridgehead atoms. The molecule has 0 saturated carbocycles. The summed E-state index contributed by atoms with van der Waals surface area (Å²) >= 11 is 0. The Labute approximate surface area is 93.8 Å². The van der Waals surface area contributed by atoms with E-state index < -0.39 is 0 Å². The Kier molecular flexibility index (Phi) is 9.06. The van der Waals surface area contributed by atoms with Gasteiger partial charge in [0.2, 0.25) is 0 Å². The van der Waals surface area contributed by atoms with Gasteiger partial charge in [-0.3, -0.25) is 0 Å². The lowest BCUT2D eigenvalue weighted by Gasteiger charge is -2.25. The van der Waals surface area contributed by atoms with E-state index in [1.165, 1.54) is 19.3 Å². The van der Waals surface area contributed by atoms with Crippen molar-refractivity contribution in [2.24, 2.45) is 0 Å². The van der Waals surface area contributed by atoms with Crippen molar-refractivity contribution in [3.05, 3.63) is 0 Å². The molecule has 0 aromatic carbocycles. The average Bonchev–Trinajstić information content (AvgIpc) is 2.17. The molecule has 0 fully saturated rings. The first kappa shape index (κ1) is 14.9. The van der Waals surface area contributed by atoms with E-state index in [-0.39, 0.29) is 12.2 Å². The molecule has 3 heteroatoms. The fraction of sp³-hybridized carbons (Fsp3) is 1.00. The van der Waals surface area contributed by atoms with Crippen LogP contribution in [-0.4, -0.2) is 37.1 Å². The second kappa shape index (κ2) is 9.13. The molecule has 0 spiro atoms. The second-order valence-corrected chi connectivity index (χ2v) is 4.40. The smallest absolute Gasteiger partial charge is 0.0707 e. The monoisotopic (exact) mass is 218 g/mol. The zero-order chi connectivity index (χ0) is 11.6. The van der Waals surface area contributed by atoms with Crippen molar-refractivity contribution in [3.8, 4) is 0 Å². The van der Waals surface area contributed by atoms with Gasteiger partial charge in [-0.05, 0) is 20.3 Å². The van der Waals surface area contributed by atoms with Crippen LogP contribution in [-0.2, 0) is 9.47 Å². The predicted octanol–water partition coefficient (Wildman–Crippen LogP) is 2.37. The minimum atomic E-state index is -0.0439. The molecule has 0 heterocycles. The molecular formula is C12H26O3. The summed E-state index contributed by atoms with van der Waals surface area (Å²) in [5, 5.41) is 8.50. The number of aliphatic hydroxyl groups excluding tert-OH is 1. The quantitative estimate of drug-likeness (QED) is 0.572. The highest BCUT2D eigenvalue weighted by Crippen LogP contribution is 2.18. The number of hydrogen-bond donors (Lipinski definition) is 1. The number of unbranched alkanes of at least 4 members (excludes halogenated alkanes) is 2. The van der Waals surface area contributed by atoms with E-state index in [0.717, 1.165) is 6.42 Å². The zero-order valence-corrected chi connectivity index (χ0v) is 10.4. The molecule has 0 rings (SSSR count). The van der Waals surface area contributed by atoms with E-state index in [2.05, 4.69) is 20.8 Å². The molecule has 0 aromatic heterocycles. The molecule has 0 amide bonds. The van der Waals surface area contributed by atoms with Crippen molar-refractivity contribution in [2.75, 3.05) is 26.4 Å². The normalized spacial score (nSPS) is 12.0. The van der Waals surface area contributed by atoms with Gasteiger partial charge < -0.3 is 14.6 Å². The molecule has 0 aliphatic carbocycles. The van der Waals surface area contributed by atoms with Gasteiger partial charge in [0, 0.05) is 0 Å². The van der Waals surface area contributed by atoms with Crippen LogP contribution >= 0.6 is 0 Å². The van der Waals surface area contributed by atoms with Gasteiger partial charge in [0.05, 0.1) is 32.0 Å². The average molecular weight is 218 g/mol. The third-order valence-corrected chi connectivity index (χ3v) is 2.34. The predicted molar refractivity (Wildman–Crippen MR) is 62.1 cm³/mol. The third kappa shape index (κ3) is 10.2. The lowest BCUT2D eigenvalue weighted by Crippen LogP contribution is -2.26. The van der Waals surface area contributed by atoms with E-state index in [1.54, 1.807) is 0 Å². The SMILES string of the molecule is CCCCCC(C)(C)OCCOCCO. The van der Waals surface area contributed by atoms with Crippen molar-refractivity contribution in [2.45, 2.75) is 52.1 Å². The van der Waals surface area contributed by atoms with Crippen molar-refractivity contribution >= 4 is 0 Å². The van der Waals surface area contributed by atoms with Crippen LogP contribution in [0.5, 0.6) is 0 Å². The van der Waals surface area contributed by atoms with Crippen molar-refractivity contribution in [1.82, 2.24) is 0 Å². The van der Waals surface area contributed by atoms with Gasteiger partial charge in [-0.2, -0.15) is 0 Å². The molecule has 0 aromatic rings. The summed E-state index contributed by atoms with van der Waals surface area (Å²) in [4.78, 5) is 0. The lowest BCUT2D eigenvalue weighted by atomic mass is 10.0. The molecule has 0 atom stereocenters. The Morgan fingerprint density at radius 3 is 2.40 bits per heavy atom. The van der Waals surface area contributed by atoms with Gasteiger partial charge >= 0.3 is 0 Å². The van der Waals surface area contributed by atoms with Gasteiger partial charge in [-0.25, -0.2) is 0 Å². The summed E-state index contributed by atoms with van der Waals surface area (Å²) < 4.78 is 10.8. The van der Waals surface area contributed by atoms with Gasteiger partial charge in [-0.15, -0.1) is 0 Å². The summed E-state index contributed by atoms with van der Waals surface area (Å²) in [5.74, 6) is 0. The van der Waals surface area contributed by atoms with Crippen LogP contribution in [0.4, 0.5) is 0 Å². The molecule has 92 valence electrons. The van der Waals surface area contributed by atoms with Gasteiger partial charge in [0.25, 0.3) is 0 Å². The Bertz CT molecular complexity index is 135. The highest BCUT2D eigenvalue weighted by Gasteiger charge is 2.16. The van der Waals surface area contributed by atoms with E-state index in [1.807, 2.05) is 0 Å². The van der Waals surface area contributed by atoms with Gasteiger partial charge in [0.1, 0.15) is 0 Å². The maximum Gasteiger partial charge on any atom is 0.0707 e. The van der Waals surface area contributed by atoms with Crippen molar-refractivity contribution in [3.63, 3.8) is 0 Å². The number of hydrogen-bond acceptors (Lipinski definition) is 3.